The van der Waals surface area contributed by atoms with E-state index >= 15 is 0 Å². The van der Waals surface area contributed by atoms with E-state index in [4.69, 9.17) is 4.99 Å². The summed E-state index contributed by atoms with van der Waals surface area (Å²) in [5.74, 6) is 1.57. The Bertz CT molecular complexity index is 477. The molecule has 1 unspecified atom stereocenters. The maximum Gasteiger partial charge on any atom is 0.191 e. The average Bonchev–Trinajstić information content (AvgIpc) is 2.96. The predicted molar refractivity (Wildman–Crippen MR) is 101 cm³/mol. The first-order valence-electron chi connectivity index (χ1n) is 8.97. The van der Waals surface area contributed by atoms with Gasteiger partial charge in [-0.15, -0.1) is 11.3 Å². The molecular formula is C18H32N4S. The lowest BCUT2D eigenvalue weighted by Gasteiger charge is -2.29. The van der Waals surface area contributed by atoms with Crippen molar-refractivity contribution in [2.24, 2.45) is 10.9 Å². The highest BCUT2D eigenvalue weighted by molar-refractivity contribution is 7.11. The summed E-state index contributed by atoms with van der Waals surface area (Å²) in [6.07, 6.45) is 4.14. The molecule has 1 aromatic heterocycles. The highest BCUT2D eigenvalue weighted by atomic mass is 32.1. The minimum Gasteiger partial charge on any atom is -0.357 e. The summed E-state index contributed by atoms with van der Waals surface area (Å²) in [7, 11) is 0. The third kappa shape index (κ3) is 6.92. The molecule has 130 valence electrons. The van der Waals surface area contributed by atoms with E-state index in [-0.39, 0.29) is 0 Å². The van der Waals surface area contributed by atoms with Crippen LogP contribution < -0.4 is 10.6 Å². The molecule has 1 aliphatic rings. The second-order valence-electron chi connectivity index (χ2n) is 6.55. The van der Waals surface area contributed by atoms with E-state index < -0.39 is 0 Å². The Hall–Kier alpha value is -1.07. The molecule has 0 bridgehead atoms. The van der Waals surface area contributed by atoms with Crippen LogP contribution in [0.15, 0.2) is 17.1 Å². The topological polar surface area (TPSA) is 39.7 Å². The minimum absolute atomic E-state index is 0.640. The zero-order valence-electron chi connectivity index (χ0n) is 14.9. The van der Waals surface area contributed by atoms with Crippen molar-refractivity contribution in [3.8, 4) is 0 Å². The molecular weight excluding hydrogens is 304 g/mol. The highest BCUT2D eigenvalue weighted by Crippen LogP contribution is 2.15. The number of thiophene rings is 1. The van der Waals surface area contributed by atoms with E-state index in [0.717, 1.165) is 25.6 Å². The highest BCUT2D eigenvalue weighted by Gasteiger charge is 2.13. The molecule has 1 saturated heterocycles. The number of aryl methyl sites for hydroxylation is 1. The second kappa shape index (κ2) is 9.93. The van der Waals surface area contributed by atoms with Crippen LogP contribution in [0.2, 0.25) is 0 Å². The van der Waals surface area contributed by atoms with Gasteiger partial charge < -0.3 is 15.5 Å². The SMILES string of the molecule is CCNC(=NCc1ccc(C)s1)NCC(C)CN1CCCCC1. The van der Waals surface area contributed by atoms with Gasteiger partial charge in [-0.2, -0.15) is 0 Å². The standard InChI is InChI=1S/C18H32N4S/c1-4-19-18(21-13-17-9-8-16(3)23-17)20-12-15(2)14-22-10-6-5-7-11-22/h8-9,15H,4-7,10-14H2,1-3H3,(H2,19,20,21). The summed E-state index contributed by atoms with van der Waals surface area (Å²) >= 11 is 1.83. The van der Waals surface area contributed by atoms with Crippen LogP contribution in [-0.2, 0) is 6.54 Å². The van der Waals surface area contributed by atoms with Crippen molar-refractivity contribution in [3.63, 3.8) is 0 Å². The van der Waals surface area contributed by atoms with Crippen LogP contribution in [0.1, 0.15) is 42.9 Å². The van der Waals surface area contributed by atoms with Crippen LogP contribution in [-0.4, -0.2) is 43.6 Å². The molecule has 0 aromatic carbocycles. The van der Waals surface area contributed by atoms with Gasteiger partial charge in [-0.3, -0.25) is 0 Å². The van der Waals surface area contributed by atoms with Crippen molar-refractivity contribution in [2.75, 3.05) is 32.7 Å². The Labute approximate surface area is 145 Å². The van der Waals surface area contributed by atoms with E-state index in [1.807, 2.05) is 11.3 Å². The van der Waals surface area contributed by atoms with Gasteiger partial charge in [0, 0.05) is 29.4 Å². The fourth-order valence-electron chi connectivity index (χ4n) is 2.99. The zero-order chi connectivity index (χ0) is 16.5. The van der Waals surface area contributed by atoms with Crippen molar-refractivity contribution < 1.29 is 0 Å². The molecule has 2 rings (SSSR count). The molecule has 1 atom stereocenters. The summed E-state index contributed by atoms with van der Waals surface area (Å²) in [5, 5.41) is 6.85. The van der Waals surface area contributed by atoms with E-state index in [9.17, 15) is 0 Å². The van der Waals surface area contributed by atoms with Crippen LogP contribution >= 0.6 is 11.3 Å². The van der Waals surface area contributed by atoms with Crippen LogP contribution in [0.3, 0.4) is 0 Å². The van der Waals surface area contributed by atoms with Gasteiger partial charge in [-0.25, -0.2) is 4.99 Å². The molecule has 5 heteroatoms. The minimum atomic E-state index is 0.640. The number of hydrogen-bond donors (Lipinski definition) is 2. The molecule has 0 saturated carbocycles. The van der Waals surface area contributed by atoms with Gasteiger partial charge in [0.15, 0.2) is 5.96 Å². The predicted octanol–water partition coefficient (Wildman–Crippen LogP) is 3.23. The van der Waals surface area contributed by atoms with E-state index in [2.05, 4.69) is 48.4 Å². The number of piperidine rings is 1. The smallest absolute Gasteiger partial charge is 0.191 e. The molecule has 4 nitrogen and oxygen atoms in total. The number of rotatable bonds is 7. The van der Waals surface area contributed by atoms with Crippen LogP contribution in [0, 0.1) is 12.8 Å². The van der Waals surface area contributed by atoms with E-state index in [1.54, 1.807) is 0 Å². The lowest BCUT2D eigenvalue weighted by atomic mass is 10.1. The summed E-state index contributed by atoms with van der Waals surface area (Å²) in [6.45, 7) is 13.0. The number of nitrogens with one attached hydrogen (secondary N) is 2. The Kier molecular flexibility index (Phi) is 7.89. The summed E-state index contributed by atoms with van der Waals surface area (Å²) < 4.78 is 0. The zero-order valence-corrected chi connectivity index (χ0v) is 15.7. The molecule has 2 heterocycles. The second-order valence-corrected chi connectivity index (χ2v) is 7.93. The van der Waals surface area contributed by atoms with Crippen LogP contribution in [0.25, 0.3) is 0 Å². The summed E-state index contributed by atoms with van der Waals surface area (Å²) in [6, 6.07) is 4.34. The molecule has 0 radical (unpaired) electrons. The van der Waals surface area contributed by atoms with Crippen molar-refractivity contribution in [3.05, 3.63) is 21.9 Å². The summed E-state index contributed by atoms with van der Waals surface area (Å²) in [4.78, 5) is 9.98. The normalized spacial score (nSPS) is 18.0. The molecule has 2 N–H and O–H groups in total. The fourth-order valence-corrected chi connectivity index (χ4v) is 3.80. The lowest BCUT2D eigenvalue weighted by molar-refractivity contribution is 0.201. The Balaban J connectivity index is 1.76. The van der Waals surface area contributed by atoms with Crippen LogP contribution in [0.4, 0.5) is 0 Å². The first-order chi connectivity index (χ1) is 11.2. The van der Waals surface area contributed by atoms with Crippen molar-refractivity contribution in [1.29, 1.82) is 0 Å². The third-order valence-corrected chi connectivity index (χ3v) is 5.16. The number of likely N-dealkylation sites (tertiary alicyclic amines) is 1. The van der Waals surface area contributed by atoms with Gasteiger partial charge in [0.25, 0.3) is 0 Å². The van der Waals surface area contributed by atoms with E-state index in [0.29, 0.717) is 5.92 Å². The Morgan fingerprint density at radius 3 is 2.70 bits per heavy atom. The molecule has 0 amide bonds. The summed E-state index contributed by atoms with van der Waals surface area (Å²) in [5.41, 5.74) is 0. The number of nitrogens with zero attached hydrogens (tertiary/aromatic N) is 2. The number of guanidine groups is 1. The number of aliphatic imine (C=N–C) groups is 1. The van der Waals surface area contributed by atoms with Crippen molar-refractivity contribution in [2.45, 2.75) is 46.6 Å². The first-order valence-corrected chi connectivity index (χ1v) is 9.79. The monoisotopic (exact) mass is 336 g/mol. The van der Waals surface area contributed by atoms with E-state index in [1.165, 1.54) is 48.7 Å². The van der Waals surface area contributed by atoms with Gasteiger partial charge in [0.2, 0.25) is 0 Å². The number of hydrogen-bond acceptors (Lipinski definition) is 3. The first kappa shape index (κ1) is 18.3. The van der Waals surface area contributed by atoms with Crippen molar-refractivity contribution in [1.82, 2.24) is 15.5 Å². The molecule has 1 fully saturated rings. The van der Waals surface area contributed by atoms with Gasteiger partial charge in [0.1, 0.15) is 0 Å². The largest absolute Gasteiger partial charge is 0.357 e. The molecule has 0 spiro atoms. The Morgan fingerprint density at radius 1 is 1.26 bits per heavy atom. The van der Waals surface area contributed by atoms with Gasteiger partial charge in [-0.1, -0.05) is 13.3 Å². The maximum atomic E-state index is 4.71. The van der Waals surface area contributed by atoms with Gasteiger partial charge >= 0.3 is 0 Å². The van der Waals surface area contributed by atoms with Crippen LogP contribution in [0.5, 0.6) is 0 Å². The van der Waals surface area contributed by atoms with Gasteiger partial charge in [0.05, 0.1) is 6.54 Å². The quantitative estimate of drug-likeness (QED) is 0.593. The lowest BCUT2D eigenvalue weighted by Crippen LogP contribution is -2.42. The molecule has 23 heavy (non-hydrogen) atoms. The van der Waals surface area contributed by atoms with Crippen molar-refractivity contribution >= 4 is 17.3 Å². The maximum absolute atomic E-state index is 4.71. The van der Waals surface area contributed by atoms with Gasteiger partial charge in [-0.05, 0) is 57.8 Å². The molecule has 1 aromatic rings. The average molecular weight is 337 g/mol. The third-order valence-electron chi connectivity index (χ3n) is 4.17. The molecule has 1 aliphatic heterocycles. The Morgan fingerprint density at radius 2 is 2.04 bits per heavy atom. The fraction of sp³-hybridized carbons (Fsp3) is 0.722. The molecule has 0 aliphatic carbocycles.